The number of nitrogens with zero attached hydrogens (tertiary/aromatic N) is 1. The van der Waals surface area contributed by atoms with Gasteiger partial charge in [-0.2, -0.15) is 5.26 Å². The minimum atomic E-state index is -0.705. The smallest absolute Gasteiger partial charge is 0.341 e. The maximum Gasteiger partial charge on any atom is 0.341 e. The van der Waals surface area contributed by atoms with Crippen LogP contribution in [0.1, 0.15) is 23.0 Å². The molecule has 0 atom stereocenters. The van der Waals surface area contributed by atoms with Gasteiger partial charge in [-0.05, 0) is 52.7 Å². The number of ether oxygens (including phenoxy) is 1. The summed E-state index contributed by atoms with van der Waals surface area (Å²) in [5.74, 6) is -1.43. The molecule has 0 saturated carbocycles. The van der Waals surface area contributed by atoms with Crippen molar-refractivity contribution >= 4 is 50.2 Å². The predicted molar refractivity (Wildman–Crippen MR) is 114 cm³/mol. The van der Waals surface area contributed by atoms with Crippen LogP contribution in [0.2, 0.25) is 0 Å². The molecule has 3 rings (SSSR count). The largest absolute Gasteiger partial charge is 0.462 e. The molecule has 0 aliphatic rings. The first-order valence-electron chi connectivity index (χ1n) is 8.66. The molecule has 3 aromatic rings. The van der Waals surface area contributed by atoms with Gasteiger partial charge in [0, 0.05) is 17.0 Å². The summed E-state index contributed by atoms with van der Waals surface area (Å²) >= 11 is 4.25. The van der Waals surface area contributed by atoms with Crippen molar-refractivity contribution in [3.05, 3.63) is 69.2 Å². The third-order valence-electron chi connectivity index (χ3n) is 3.90. The van der Waals surface area contributed by atoms with Crippen LogP contribution in [-0.2, 0) is 9.53 Å². The molecule has 0 fully saturated rings. The van der Waals surface area contributed by atoms with Gasteiger partial charge in [-0.3, -0.25) is 4.79 Å². The monoisotopic (exact) mass is 488 g/mol. The number of carbonyl (C=O) groups excluding carboxylic acids is 2. The quantitative estimate of drug-likeness (QED) is 0.275. The van der Waals surface area contributed by atoms with E-state index in [1.807, 2.05) is 6.07 Å². The molecule has 9 heteroatoms. The molecule has 0 saturated heterocycles. The Labute approximate surface area is 183 Å². The van der Waals surface area contributed by atoms with Gasteiger partial charge >= 0.3 is 5.97 Å². The Morgan fingerprint density at radius 3 is 2.63 bits per heavy atom. The topological polar surface area (TPSA) is 92.3 Å². The first kappa shape index (κ1) is 21.5. The van der Waals surface area contributed by atoms with Crippen molar-refractivity contribution in [2.24, 2.45) is 0 Å². The Morgan fingerprint density at radius 1 is 1.30 bits per heavy atom. The highest BCUT2D eigenvalue weighted by Crippen LogP contribution is 2.36. The summed E-state index contributed by atoms with van der Waals surface area (Å²) in [6.07, 6.45) is 1.29. The first-order valence-corrected chi connectivity index (χ1v) is 10.3. The van der Waals surface area contributed by atoms with Gasteiger partial charge < -0.3 is 14.5 Å². The van der Waals surface area contributed by atoms with Gasteiger partial charge in [-0.15, -0.1) is 11.3 Å². The van der Waals surface area contributed by atoms with Gasteiger partial charge in [-0.25, -0.2) is 9.18 Å². The molecule has 30 heavy (non-hydrogen) atoms. The van der Waals surface area contributed by atoms with E-state index in [1.54, 1.807) is 24.4 Å². The highest BCUT2D eigenvalue weighted by molar-refractivity contribution is 9.10. The van der Waals surface area contributed by atoms with Crippen molar-refractivity contribution in [3.63, 3.8) is 0 Å². The molecular weight excluding hydrogens is 475 g/mol. The second-order valence-corrected chi connectivity index (χ2v) is 7.51. The first-order chi connectivity index (χ1) is 14.4. The Hall–Kier alpha value is -3.22. The van der Waals surface area contributed by atoms with Gasteiger partial charge in [0.25, 0.3) is 5.91 Å². The van der Waals surface area contributed by atoms with Crippen LogP contribution in [0.3, 0.4) is 0 Å². The Kier molecular flexibility index (Phi) is 6.82. The average Bonchev–Trinajstić information content (AvgIpc) is 3.32. The van der Waals surface area contributed by atoms with Gasteiger partial charge in [0.2, 0.25) is 0 Å². The lowest BCUT2D eigenvalue weighted by Crippen LogP contribution is -2.16. The number of esters is 1. The number of furan rings is 1. The lowest BCUT2D eigenvalue weighted by atomic mass is 10.0. The number of benzene rings is 1. The van der Waals surface area contributed by atoms with E-state index < -0.39 is 17.7 Å². The van der Waals surface area contributed by atoms with Crippen LogP contribution in [0.25, 0.3) is 17.2 Å². The van der Waals surface area contributed by atoms with Gasteiger partial charge in [-0.1, -0.05) is 12.1 Å². The zero-order valence-corrected chi connectivity index (χ0v) is 18.0. The SMILES string of the molecule is CCOC(=O)c1c(-c2ccc(F)cc2)csc1NC(=O)/C(C#N)=C/c1ccc(Br)o1. The number of anilines is 1. The van der Waals surface area contributed by atoms with Crippen LogP contribution in [0, 0.1) is 17.1 Å². The number of hydrogen-bond donors (Lipinski definition) is 1. The lowest BCUT2D eigenvalue weighted by molar-refractivity contribution is -0.112. The van der Waals surface area contributed by atoms with Crippen LogP contribution in [-0.4, -0.2) is 18.5 Å². The number of carbonyl (C=O) groups is 2. The van der Waals surface area contributed by atoms with Crippen molar-refractivity contribution in [1.82, 2.24) is 0 Å². The summed E-state index contributed by atoms with van der Waals surface area (Å²) < 4.78 is 24.1. The normalized spacial score (nSPS) is 11.1. The standard InChI is InChI=1S/C21H14BrFN2O4S/c1-2-28-21(27)18-16(12-3-5-14(23)6-4-12)11-30-20(18)25-19(26)13(10-24)9-15-7-8-17(22)29-15/h3-9,11H,2H2,1H3,(H,25,26)/b13-9+. The van der Waals surface area contributed by atoms with Gasteiger partial charge in [0.1, 0.15) is 33.8 Å². The van der Waals surface area contributed by atoms with Crippen LogP contribution in [0.4, 0.5) is 9.39 Å². The molecular formula is C21H14BrFN2O4S. The Morgan fingerprint density at radius 2 is 2.03 bits per heavy atom. The fourth-order valence-corrected chi connectivity index (χ4v) is 3.84. The van der Waals surface area contributed by atoms with E-state index in [0.29, 0.717) is 21.6 Å². The predicted octanol–water partition coefficient (Wildman–Crippen LogP) is 5.63. The summed E-state index contributed by atoms with van der Waals surface area (Å²) in [7, 11) is 0. The second-order valence-electron chi connectivity index (χ2n) is 5.85. The van der Waals surface area contributed by atoms with Crippen molar-refractivity contribution < 1.29 is 23.1 Å². The fraction of sp³-hybridized carbons (Fsp3) is 0.0952. The molecule has 1 N–H and O–H groups in total. The van der Waals surface area contributed by atoms with Crippen molar-refractivity contribution in [1.29, 1.82) is 5.26 Å². The van der Waals surface area contributed by atoms with E-state index in [2.05, 4.69) is 21.2 Å². The Bertz CT molecular complexity index is 1160. The molecule has 2 heterocycles. The van der Waals surface area contributed by atoms with Crippen molar-refractivity contribution in [2.75, 3.05) is 11.9 Å². The zero-order valence-electron chi connectivity index (χ0n) is 15.6. The molecule has 0 aliphatic heterocycles. The van der Waals surface area contributed by atoms with Crippen LogP contribution < -0.4 is 5.32 Å². The van der Waals surface area contributed by atoms with E-state index in [9.17, 15) is 19.2 Å². The molecule has 1 aromatic carbocycles. The van der Waals surface area contributed by atoms with E-state index in [-0.39, 0.29) is 22.7 Å². The van der Waals surface area contributed by atoms with Crippen molar-refractivity contribution in [2.45, 2.75) is 6.92 Å². The maximum atomic E-state index is 13.3. The molecule has 0 bridgehead atoms. The molecule has 0 unspecified atom stereocenters. The van der Waals surface area contributed by atoms with E-state index >= 15 is 0 Å². The molecule has 0 spiro atoms. The highest BCUT2D eigenvalue weighted by atomic mass is 79.9. The second kappa shape index (κ2) is 9.52. The minimum absolute atomic E-state index is 0.139. The molecule has 0 aliphatic carbocycles. The summed E-state index contributed by atoms with van der Waals surface area (Å²) in [5.41, 5.74) is 1.02. The third kappa shape index (κ3) is 4.84. The summed E-state index contributed by atoms with van der Waals surface area (Å²) in [6, 6.07) is 10.7. The van der Waals surface area contributed by atoms with E-state index in [1.165, 1.54) is 30.3 Å². The fourth-order valence-electron chi connectivity index (χ4n) is 2.56. The molecule has 0 radical (unpaired) electrons. The molecule has 152 valence electrons. The number of nitriles is 1. The number of amides is 1. The highest BCUT2D eigenvalue weighted by Gasteiger charge is 2.24. The van der Waals surface area contributed by atoms with Crippen LogP contribution >= 0.6 is 27.3 Å². The molecule has 6 nitrogen and oxygen atoms in total. The van der Waals surface area contributed by atoms with Gasteiger partial charge in [0.15, 0.2) is 4.67 Å². The maximum absolute atomic E-state index is 13.3. The number of rotatable bonds is 6. The number of nitrogens with one attached hydrogen (secondary N) is 1. The minimum Gasteiger partial charge on any atom is -0.462 e. The number of halogens is 2. The summed E-state index contributed by atoms with van der Waals surface area (Å²) in [4.78, 5) is 25.2. The lowest BCUT2D eigenvalue weighted by Gasteiger charge is -2.08. The van der Waals surface area contributed by atoms with Crippen LogP contribution in [0.5, 0.6) is 0 Å². The van der Waals surface area contributed by atoms with Crippen LogP contribution in [0.15, 0.2) is 56.4 Å². The number of thiophene rings is 1. The number of hydrogen-bond acceptors (Lipinski definition) is 6. The third-order valence-corrected chi connectivity index (χ3v) is 5.22. The zero-order chi connectivity index (χ0) is 21.7. The van der Waals surface area contributed by atoms with E-state index in [4.69, 9.17) is 9.15 Å². The molecule has 2 aromatic heterocycles. The Balaban J connectivity index is 1.96. The summed E-state index contributed by atoms with van der Waals surface area (Å²) in [5, 5.41) is 13.8. The summed E-state index contributed by atoms with van der Waals surface area (Å²) in [6.45, 7) is 1.81. The average molecular weight is 489 g/mol. The van der Waals surface area contributed by atoms with Crippen molar-refractivity contribution in [3.8, 4) is 17.2 Å². The van der Waals surface area contributed by atoms with Gasteiger partial charge in [0.05, 0.1) is 6.61 Å². The van der Waals surface area contributed by atoms with E-state index in [0.717, 1.165) is 11.3 Å². The molecule has 1 amide bonds.